The molecule has 1 rings (SSSR count). The summed E-state index contributed by atoms with van der Waals surface area (Å²) in [4.78, 5) is 11.9. The van der Waals surface area contributed by atoms with Crippen LogP contribution in [0.5, 0.6) is 0 Å². The second-order valence-corrected chi connectivity index (χ2v) is 3.55. The molecule has 0 saturated carbocycles. The van der Waals surface area contributed by atoms with E-state index in [9.17, 15) is 9.90 Å². The molecule has 4 heteroatoms. The third kappa shape index (κ3) is 3.04. The van der Waals surface area contributed by atoms with Gasteiger partial charge in [-0.2, -0.15) is 0 Å². The lowest BCUT2D eigenvalue weighted by Gasteiger charge is -2.20. The van der Waals surface area contributed by atoms with Crippen LogP contribution in [-0.4, -0.2) is 34.4 Å². The molecule has 82 valence electrons. The van der Waals surface area contributed by atoms with Crippen LogP contribution in [0, 0.1) is 6.92 Å². The summed E-state index contributed by atoms with van der Waals surface area (Å²) in [7, 11) is 1.57. The fourth-order valence-electron chi connectivity index (χ4n) is 1.33. The molecule has 1 aromatic rings. The van der Waals surface area contributed by atoms with Crippen molar-refractivity contribution in [2.45, 2.75) is 19.7 Å². The van der Waals surface area contributed by atoms with E-state index in [4.69, 9.17) is 5.11 Å². The molecule has 1 atom stereocenters. The second-order valence-electron chi connectivity index (χ2n) is 3.55. The standard InChI is InChI=1S/C11H15NO3/c1-8-5-3-4-6-9(8)7-12(2)10(13)11(14)15/h3-6,10,13H,7H2,1-2H3,(H,14,15). The number of benzene rings is 1. The molecule has 1 aromatic carbocycles. The molecule has 4 nitrogen and oxygen atoms in total. The summed E-state index contributed by atoms with van der Waals surface area (Å²) in [6, 6.07) is 7.69. The van der Waals surface area contributed by atoms with Crippen LogP contribution in [0.4, 0.5) is 0 Å². The van der Waals surface area contributed by atoms with Crippen molar-refractivity contribution in [3.8, 4) is 0 Å². The minimum absolute atomic E-state index is 0.417. The number of aliphatic hydroxyl groups is 1. The van der Waals surface area contributed by atoms with Gasteiger partial charge >= 0.3 is 5.97 Å². The molecular formula is C11H15NO3. The lowest BCUT2D eigenvalue weighted by Crippen LogP contribution is -2.37. The fourth-order valence-corrected chi connectivity index (χ4v) is 1.33. The van der Waals surface area contributed by atoms with Gasteiger partial charge in [-0.05, 0) is 25.1 Å². The van der Waals surface area contributed by atoms with E-state index in [0.717, 1.165) is 11.1 Å². The van der Waals surface area contributed by atoms with E-state index in [2.05, 4.69) is 0 Å². The first-order valence-corrected chi connectivity index (χ1v) is 4.68. The Bertz CT molecular complexity index is 351. The zero-order valence-electron chi connectivity index (χ0n) is 8.84. The number of aliphatic carboxylic acids is 1. The van der Waals surface area contributed by atoms with E-state index in [1.807, 2.05) is 31.2 Å². The van der Waals surface area contributed by atoms with Crippen molar-refractivity contribution in [3.63, 3.8) is 0 Å². The zero-order chi connectivity index (χ0) is 11.4. The van der Waals surface area contributed by atoms with Crippen molar-refractivity contribution in [2.75, 3.05) is 7.05 Å². The SMILES string of the molecule is Cc1ccccc1CN(C)C(O)C(=O)O. The monoisotopic (exact) mass is 209 g/mol. The number of carboxylic acids is 1. The van der Waals surface area contributed by atoms with Gasteiger partial charge < -0.3 is 10.2 Å². The predicted molar refractivity (Wildman–Crippen MR) is 56.3 cm³/mol. The molecule has 0 aliphatic rings. The first-order chi connectivity index (χ1) is 7.02. The average Bonchev–Trinajstić information content (AvgIpc) is 2.20. The Kier molecular flexibility index (Phi) is 3.82. The van der Waals surface area contributed by atoms with Crippen LogP contribution in [-0.2, 0) is 11.3 Å². The van der Waals surface area contributed by atoms with Gasteiger partial charge in [0.2, 0.25) is 6.23 Å². The largest absolute Gasteiger partial charge is 0.478 e. The Labute approximate surface area is 88.8 Å². The Balaban J connectivity index is 2.70. The molecule has 15 heavy (non-hydrogen) atoms. The first-order valence-electron chi connectivity index (χ1n) is 4.68. The summed E-state index contributed by atoms with van der Waals surface area (Å²) in [6.45, 7) is 2.37. The van der Waals surface area contributed by atoms with Crippen LogP contribution < -0.4 is 0 Å². The summed E-state index contributed by atoms with van der Waals surface area (Å²) in [5.41, 5.74) is 2.10. The van der Waals surface area contributed by atoms with E-state index in [1.165, 1.54) is 4.90 Å². The number of nitrogens with zero attached hydrogens (tertiary/aromatic N) is 1. The Morgan fingerprint density at radius 2 is 2.07 bits per heavy atom. The number of aliphatic hydroxyl groups excluding tert-OH is 1. The molecule has 0 amide bonds. The number of hydrogen-bond acceptors (Lipinski definition) is 3. The van der Waals surface area contributed by atoms with Crippen LogP contribution in [0.3, 0.4) is 0 Å². The van der Waals surface area contributed by atoms with Crippen molar-refractivity contribution in [1.29, 1.82) is 0 Å². The quantitative estimate of drug-likeness (QED) is 0.721. The summed E-state index contributed by atoms with van der Waals surface area (Å²) in [5.74, 6) is -1.23. The minimum atomic E-state index is -1.45. The van der Waals surface area contributed by atoms with Gasteiger partial charge in [0.05, 0.1) is 0 Å². The van der Waals surface area contributed by atoms with Gasteiger partial charge in [0.1, 0.15) is 0 Å². The third-order valence-electron chi connectivity index (χ3n) is 2.32. The number of rotatable bonds is 4. The van der Waals surface area contributed by atoms with Crippen LogP contribution in [0.1, 0.15) is 11.1 Å². The molecule has 0 spiro atoms. The van der Waals surface area contributed by atoms with Crippen LogP contribution in [0.15, 0.2) is 24.3 Å². The van der Waals surface area contributed by atoms with E-state index in [-0.39, 0.29) is 0 Å². The molecule has 0 heterocycles. The minimum Gasteiger partial charge on any atom is -0.478 e. The molecular weight excluding hydrogens is 194 g/mol. The molecule has 0 saturated heterocycles. The Morgan fingerprint density at radius 3 is 2.60 bits per heavy atom. The van der Waals surface area contributed by atoms with Gasteiger partial charge in [0, 0.05) is 6.54 Å². The third-order valence-corrected chi connectivity index (χ3v) is 2.32. The van der Waals surface area contributed by atoms with Crippen molar-refractivity contribution in [1.82, 2.24) is 4.90 Å². The Morgan fingerprint density at radius 1 is 1.47 bits per heavy atom. The molecule has 0 radical (unpaired) electrons. The summed E-state index contributed by atoms with van der Waals surface area (Å²) >= 11 is 0. The van der Waals surface area contributed by atoms with Crippen molar-refractivity contribution >= 4 is 5.97 Å². The van der Waals surface area contributed by atoms with Gasteiger partial charge in [0.25, 0.3) is 0 Å². The van der Waals surface area contributed by atoms with E-state index < -0.39 is 12.2 Å². The molecule has 0 aromatic heterocycles. The van der Waals surface area contributed by atoms with Crippen LogP contribution >= 0.6 is 0 Å². The zero-order valence-corrected chi connectivity index (χ0v) is 8.84. The lowest BCUT2D eigenvalue weighted by molar-refractivity contribution is -0.156. The maximum Gasteiger partial charge on any atom is 0.348 e. The maximum absolute atomic E-state index is 10.5. The van der Waals surface area contributed by atoms with E-state index in [1.54, 1.807) is 7.05 Å². The van der Waals surface area contributed by atoms with Gasteiger partial charge in [-0.15, -0.1) is 0 Å². The van der Waals surface area contributed by atoms with Crippen molar-refractivity contribution in [3.05, 3.63) is 35.4 Å². The highest BCUT2D eigenvalue weighted by Gasteiger charge is 2.19. The van der Waals surface area contributed by atoms with E-state index >= 15 is 0 Å². The highest BCUT2D eigenvalue weighted by molar-refractivity contribution is 5.71. The topological polar surface area (TPSA) is 60.8 Å². The second kappa shape index (κ2) is 4.91. The lowest BCUT2D eigenvalue weighted by atomic mass is 10.1. The normalized spacial score (nSPS) is 12.8. The summed E-state index contributed by atoms with van der Waals surface area (Å²) in [5, 5.41) is 17.9. The maximum atomic E-state index is 10.5. The van der Waals surface area contributed by atoms with Crippen molar-refractivity contribution in [2.24, 2.45) is 0 Å². The fraction of sp³-hybridized carbons (Fsp3) is 0.364. The molecule has 0 aliphatic heterocycles. The molecule has 0 aliphatic carbocycles. The number of likely N-dealkylation sites (N-methyl/N-ethyl adjacent to an activating group) is 1. The first kappa shape index (κ1) is 11.7. The smallest absolute Gasteiger partial charge is 0.348 e. The number of carboxylic acid groups (broad SMARTS) is 1. The van der Waals surface area contributed by atoms with Crippen molar-refractivity contribution < 1.29 is 15.0 Å². The van der Waals surface area contributed by atoms with E-state index in [0.29, 0.717) is 6.54 Å². The van der Waals surface area contributed by atoms with Gasteiger partial charge in [-0.3, -0.25) is 4.90 Å². The van der Waals surface area contributed by atoms with Gasteiger partial charge in [0.15, 0.2) is 0 Å². The molecule has 2 N–H and O–H groups in total. The average molecular weight is 209 g/mol. The van der Waals surface area contributed by atoms with Gasteiger partial charge in [-0.25, -0.2) is 4.79 Å². The Hall–Kier alpha value is -1.39. The van der Waals surface area contributed by atoms with Crippen LogP contribution in [0.25, 0.3) is 0 Å². The summed E-state index contributed by atoms with van der Waals surface area (Å²) < 4.78 is 0. The number of hydrogen-bond donors (Lipinski definition) is 2. The summed E-state index contributed by atoms with van der Waals surface area (Å²) in [6.07, 6.45) is -1.45. The number of carbonyl (C=O) groups is 1. The predicted octanol–water partition coefficient (Wildman–Crippen LogP) is 0.830. The van der Waals surface area contributed by atoms with Gasteiger partial charge in [-0.1, -0.05) is 24.3 Å². The molecule has 0 fully saturated rings. The number of aryl methyl sites for hydroxylation is 1. The molecule has 0 bridgehead atoms. The highest BCUT2D eigenvalue weighted by atomic mass is 16.4. The molecule has 1 unspecified atom stereocenters. The van der Waals surface area contributed by atoms with Crippen LogP contribution in [0.2, 0.25) is 0 Å². The highest BCUT2D eigenvalue weighted by Crippen LogP contribution is 2.10.